The van der Waals surface area contributed by atoms with Crippen LogP contribution in [-0.2, 0) is 11.2 Å². The third-order valence-electron chi connectivity index (χ3n) is 5.16. The summed E-state index contributed by atoms with van der Waals surface area (Å²) in [5.74, 6) is -0.336. The van der Waals surface area contributed by atoms with Crippen molar-refractivity contribution in [2.24, 2.45) is 5.41 Å². The highest BCUT2D eigenvalue weighted by molar-refractivity contribution is 5.98. The van der Waals surface area contributed by atoms with E-state index in [1.807, 2.05) is 25.1 Å². The second kappa shape index (κ2) is 6.90. The van der Waals surface area contributed by atoms with Crippen LogP contribution in [0.15, 0.2) is 24.3 Å². The Hall–Kier alpha value is -2.31. The molecule has 1 amide bonds. The number of piperidine rings is 1. The van der Waals surface area contributed by atoms with Gasteiger partial charge in [0, 0.05) is 17.2 Å². The zero-order valence-electron chi connectivity index (χ0n) is 14.6. The van der Waals surface area contributed by atoms with Gasteiger partial charge in [-0.15, -0.1) is 0 Å². The minimum absolute atomic E-state index is 0.252. The molecular formula is C19H23N3O3. The Labute approximate surface area is 146 Å². The summed E-state index contributed by atoms with van der Waals surface area (Å²) in [6.45, 7) is 5.52. The van der Waals surface area contributed by atoms with Crippen LogP contribution in [0.2, 0.25) is 0 Å². The van der Waals surface area contributed by atoms with Crippen LogP contribution >= 0.6 is 0 Å². The summed E-state index contributed by atoms with van der Waals surface area (Å²) in [5, 5.41) is 12.9. The molecule has 0 unspecified atom stereocenters. The van der Waals surface area contributed by atoms with Gasteiger partial charge in [0.15, 0.2) is 0 Å². The Kier molecular flexibility index (Phi) is 4.83. The summed E-state index contributed by atoms with van der Waals surface area (Å²) in [6.07, 6.45) is 2.10. The standard InChI is InChI=1S/C19H23N3O3/c1-12-15(18(24)22-25)11-14-9-13(3-4-16(14)21-12)10-17(23)19(2)5-7-20-8-6-19/h3-4,9,11,20,25H,5-8,10H2,1-2H3,(H,22,24). The molecule has 1 aliphatic heterocycles. The van der Waals surface area contributed by atoms with E-state index in [4.69, 9.17) is 5.21 Å². The van der Waals surface area contributed by atoms with Gasteiger partial charge < -0.3 is 5.32 Å². The van der Waals surface area contributed by atoms with Crippen LogP contribution in [0.5, 0.6) is 0 Å². The fourth-order valence-corrected chi connectivity index (χ4v) is 3.38. The number of hydrogen-bond donors (Lipinski definition) is 3. The number of fused-ring (bicyclic) bond motifs is 1. The molecule has 0 saturated carbocycles. The quantitative estimate of drug-likeness (QED) is 0.585. The summed E-state index contributed by atoms with van der Waals surface area (Å²) in [7, 11) is 0. The maximum atomic E-state index is 12.8. The number of ketones is 1. The largest absolute Gasteiger partial charge is 0.317 e. The number of benzene rings is 1. The maximum absolute atomic E-state index is 12.8. The second-order valence-corrected chi connectivity index (χ2v) is 7.00. The molecule has 2 aromatic rings. The van der Waals surface area contributed by atoms with Crippen LogP contribution < -0.4 is 10.8 Å². The van der Waals surface area contributed by atoms with Crippen molar-refractivity contribution in [1.82, 2.24) is 15.8 Å². The first kappa shape index (κ1) is 17.5. The van der Waals surface area contributed by atoms with Crippen molar-refractivity contribution in [2.75, 3.05) is 13.1 Å². The highest BCUT2D eigenvalue weighted by atomic mass is 16.5. The summed E-state index contributed by atoms with van der Waals surface area (Å²) in [4.78, 5) is 28.9. The van der Waals surface area contributed by atoms with E-state index in [0.29, 0.717) is 17.7 Å². The molecule has 25 heavy (non-hydrogen) atoms. The lowest BCUT2D eigenvalue weighted by molar-refractivity contribution is -0.128. The zero-order valence-corrected chi connectivity index (χ0v) is 14.6. The number of carbonyl (C=O) groups is 2. The lowest BCUT2D eigenvalue weighted by Gasteiger charge is -2.32. The monoisotopic (exact) mass is 341 g/mol. The molecule has 1 saturated heterocycles. The van der Waals surface area contributed by atoms with Gasteiger partial charge in [-0.3, -0.25) is 19.8 Å². The fourth-order valence-electron chi connectivity index (χ4n) is 3.38. The van der Waals surface area contributed by atoms with Gasteiger partial charge in [0.25, 0.3) is 5.91 Å². The van der Waals surface area contributed by atoms with Crippen LogP contribution in [0.3, 0.4) is 0 Å². The van der Waals surface area contributed by atoms with E-state index in [-0.39, 0.29) is 11.2 Å². The number of Topliss-reactive ketones (excluding diaryl/α,β-unsaturated/α-hetero) is 1. The van der Waals surface area contributed by atoms with E-state index < -0.39 is 5.91 Å². The Morgan fingerprint density at radius 3 is 2.68 bits per heavy atom. The first-order valence-electron chi connectivity index (χ1n) is 8.52. The number of carbonyl (C=O) groups excluding carboxylic acids is 2. The number of nitrogens with zero attached hydrogens (tertiary/aromatic N) is 1. The molecule has 2 heterocycles. The van der Waals surface area contributed by atoms with Gasteiger partial charge in [0.1, 0.15) is 5.78 Å². The Morgan fingerprint density at radius 1 is 1.28 bits per heavy atom. The van der Waals surface area contributed by atoms with Gasteiger partial charge in [0.2, 0.25) is 0 Å². The van der Waals surface area contributed by atoms with Crippen LogP contribution in [0.25, 0.3) is 10.9 Å². The fraction of sp³-hybridized carbons (Fsp3) is 0.421. The minimum Gasteiger partial charge on any atom is -0.317 e. The average molecular weight is 341 g/mol. The Bertz CT molecular complexity index is 826. The summed E-state index contributed by atoms with van der Waals surface area (Å²) in [6, 6.07) is 7.39. The smallest absolute Gasteiger partial charge is 0.276 e. The first-order valence-corrected chi connectivity index (χ1v) is 8.52. The van der Waals surface area contributed by atoms with E-state index in [1.54, 1.807) is 18.5 Å². The number of amides is 1. The van der Waals surface area contributed by atoms with Crippen molar-refractivity contribution in [1.29, 1.82) is 0 Å². The molecule has 1 aromatic carbocycles. The summed E-state index contributed by atoms with van der Waals surface area (Å²) >= 11 is 0. The van der Waals surface area contributed by atoms with E-state index in [0.717, 1.165) is 42.4 Å². The van der Waals surface area contributed by atoms with Gasteiger partial charge in [-0.2, -0.15) is 0 Å². The highest BCUT2D eigenvalue weighted by Crippen LogP contribution is 2.30. The van der Waals surface area contributed by atoms with Crippen LogP contribution in [0, 0.1) is 12.3 Å². The molecule has 0 spiro atoms. The molecule has 0 bridgehead atoms. The lowest BCUT2D eigenvalue weighted by atomic mass is 9.75. The van der Waals surface area contributed by atoms with Crippen LogP contribution in [0.1, 0.15) is 41.4 Å². The number of hydroxylamine groups is 1. The number of aryl methyl sites for hydroxylation is 1. The molecule has 3 N–H and O–H groups in total. The topological polar surface area (TPSA) is 91.3 Å². The summed E-state index contributed by atoms with van der Waals surface area (Å²) in [5.41, 5.74) is 3.92. The van der Waals surface area contributed by atoms with Crippen LogP contribution in [-0.4, -0.2) is 35.0 Å². The minimum atomic E-state index is -0.587. The SMILES string of the molecule is Cc1nc2ccc(CC(=O)C3(C)CCNCC3)cc2cc1C(=O)NO. The van der Waals surface area contributed by atoms with E-state index in [1.165, 1.54) is 0 Å². The van der Waals surface area contributed by atoms with Crippen molar-refractivity contribution in [3.63, 3.8) is 0 Å². The number of hydrogen-bond acceptors (Lipinski definition) is 5. The molecule has 0 aliphatic carbocycles. The Morgan fingerprint density at radius 2 is 2.00 bits per heavy atom. The first-order chi connectivity index (χ1) is 11.9. The molecule has 1 fully saturated rings. The maximum Gasteiger partial charge on any atom is 0.276 e. The van der Waals surface area contributed by atoms with E-state index in [9.17, 15) is 9.59 Å². The molecule has 0 radical (unpaired) electrons. The third-order valence-corrected chi connectivity index (χ3v) is 5.16. The molecule has 6 heteroatoms. The normalized spacial score (nSPS) is 16.6. The zero-order chi connectivity index (χ0) is 18.0. The molecular weight excluding hydrogens is 318 g/mol. The van der Waals surface area contributed by atoms with E-state index in [2.05, 4.69) is 10.3 Å². The number of aromatic nitrogens is 1. The van der Waals surface area contributed by atoms with Crippen molar-refractivity contribution < 1.29 is 14.8 Å². The molecule has 0 atom stereocenters. The van der Waals surface area contributed by atoms with Crippen molar-refractivity contribution in [2.45, 2.75) is 33.1 Å². The van der Waals surface area contributed by atoms with Gasteiger partial charge in [-0.1, -0.05) is 13.0 Å². The predicted molar refractivity (Wildman–Crippen MR) is 94.7 cm³/mol. The third kappa shape index (κ3) is 3.55. The predicted octanol–water partition coefficient (Wildman–Crippen LogP) is 2.16. The molecule has 3 rings (SSSR count). The Balaban J connectivity index is 1.88. The number of rotatable bonds is 4. The molecule has 1 aliphatic rings. The van der Waals surface area contributed by atoms with Crippen LogP contribution in [0.4, 0.5) is 0 Å². The van der Waals surface area contributed by atoms with Crippen molar-refractivity contribution >= 4 is 22.6 Å². The van der Waals surface area contributed by atoms with E-state index >= 15 is 0 Å². The van der Waals surface area contributed by atoms with Crippen molar-refractivity contribution in [3.8, 4) is 0 Å². The molecule has 1 aromatic heterocycles. The lowest BCUT2D eigenvalue weighted by Crippen LogP contribution is -2.40. The summed E-state index contributed by atoms with van der Waals surface area (Å²) < 4.78 is 0. The van der Waals surface area contributed by atoms with Crippen molar-refractivity contribution in [3.05, 3.63) is 41.1 Å². The van der Waals surface area contributed by atoms with Gasteiger partial charge in [-0.05, 0) is 56.6 Å². The molecule has 6 nitrogen and oxygen atoms in total. The van der Waals surface area contributed by atoms with Gasteiger partial charge in [0.05, 0.1) is 16.8 Å². The average Bonchev–Trinajstić information content (AvgIpc) is 2.61. The highest BCUT2D eigenvalue weighted by Gasteiger charge is 2.33. The second-order valence-electron chi connectivity index (χ2n) is 7.00. The number of pyridine rings is 1. The number of nitrogens with one attached hydrogen (secondary N) is 2. The van der Waals surface area contributed by atoms with Gasteiger partial charge in [-0.25, -0.2) is 5.48 Å². The molecule has 132 valence electrons. The van der Waals surface area contributed by atoms with Gasteiger partial charge >= 0.3 is 0 Å².